The molecule has 1 rings (SSSR count). The molecule has 29 heavy (non-hydrogen) atoms. The van der Waals surface area contributed by atoms with Crippen LogP contribution in [0.15, 0.2) is 58.7 Å². The second-order valence-electron chi connectivity index (χ2n) is 8.50. The first-order chi connectivity index (χ1) is 13.6. The number of hydrogen-bond donors (Lipinski definition) is 1. The van der Waals surface area contributed by atoms with Crippen molar-refractivity contribution in [2.24, 2.45) is 11.3 Å². The van der Waals surface area contributed by atoms with Gasteiger partial charge in [0.15, 0.2) is 0 Å². The highest BCUT2D eigenvalue weighted by Crippen LogP contribution is 2.40. The summed E-state index contributed by atoms with van der Waals surface area (Å²) >= 11 is 0. The van der Waals surface area contributed by atoms with Crippen LogP contribution in [0.25, 0.3) is 0 Å². The third-order valence-corrected chi connectivity index (χ3v) is 5.39. The van der Waals surface area contributed by atoms with Crippen molar-refractivity contribution in [1.29, 1.82) is 0 Å². The lowest BCUT2D eigenvalue weighted by atomic mass is 9.72. The number of carbonyl (C=O) groups excluding carboxylic acids is 1. The minimum absolute atomic E-state index is 0.104. The van der Waals surface area contributed by atoms with Gasteiger partial charge in [-0.25, -0.2) is 4.79 Å². The number of allylic oxidation sites excluding steroid dienone is 9. The Kier molecular flexibility index (Phi) is 9.87. The summed E-state index contributed by atoms with van der Waals surface area (Å²) in [7, 11) is 0. The summed E-state index contributed by atoms with van der Waals surface area (Å²) in [4.78, 5) is 22.8. The van der Waals surface area contributed by atoms with Crippen molar-refractivity contribution < 1.29 is 19.4 Å². The third kappa shape index (κ3) is 8.68. The SMILES string of the molecule is CCC(COC(=O)/C=C(\C)C=CC=C(C)C=CC1=C(C)CCCC1(C)C)C(=O)O. The zero-order chi connectivity index (χ0) is 22.0. The highest BCUT2D eigenvalue weighted by Gasteiger charge is 2.26. The molecule has 160 valence electrons. The van der Waals surface area contributed by atoms with Crippen LogP contribution in [0.1, 0.15) is 67.2 Å². The maximum Gasteiger partial charge on any atom is 0.331 e. The Morgan fingerprint density at radius 2 is 1.90 bits per heavy atom. The normalized spacial score (nSPS) is 19.1. The molecule has 0 fully saturated rings. The molecule has 0 aliphatic heterocycles. The first-order valence-electron chi connectivity index (χ1n) is 10.4. The Labute approximate surface area is 175 Å². The zero-order valence-electron chi connectivity index (χ0n) is 18.7. The fourth-order valence-electron chi connectivity index (χ4n) is 3.45. The van der Waals surface area contributed by atoms with Gasteiger partial charge in [0.25, 0.3) is 0 Å². The molecule has 0 saturated carbocycles. The van der Waals surface area contributed by atoms with Crippen LogP contribution in [-0.2, 0) is 14.3 Å². The van der Waals surface area contributed by atoms with Gasteiger partial charge in [-0.05, 0) is 63.0 Å². The Bertz CT molecular complexity index is 745. The van der Waals surface area contributed by atoms with Crippen molar-refractivity contribution in [2.45, 2.75) is 67.2 Å². The predicted molar refractivity (Wildman–Crippen MR) is 119 cm³/mol. The van der Waals surface area contributed by atoms with Gasteiger partial charge in [-0.1, -0.05) is 62.3 Å². The van der Waals surface area contributed by atoms with E-state index < -0.39 is 17.9 Å². The molecular formula is C25H36O4. The van der Waals surface area contributed by atoms with E-state index in [0.29, 0.717) is 6.42 Å². The van der Waals surface area contributed by atoms with Gasteiger partial charge < -0.3 is 9.84 Å². The lowest BCUT2D eigenvalue weighted by molar-refractivity contribution is -0.148. The van der Waals surface area contributed by atoms with Crippen molar-refractivity contribution in [3.8, 4) is 0 Å². The van der Waals surface area contributed by atoms with Gasteiger partial charge in [0, 0.05) is 6.08 Å². The van der Waals surface area contributed by atoms with Crippen LogP contribution in [0.4, 0.5) is 0 Å². The van der Waals surface area contributed by atoms with Gasteiger partial charge in [0.2, 0.25) is 0 Å². The average Bonchev–Trinajstić information content (AvgIpc) is 2.60. The molecule has 4 heteroatoms. The minimum atomic E-state index is -0.947. The summed E-state index contributed by atoms with van der Waals surface area (Å²) in [6, 6.07) is 0. The number of ether oxygens (including phenoxy) is 1. The molecule has 0 bridgehead atoms. The van der Waals surface area contributed by atoms with Crippen LogP contribution >= 0.6 is 0 Å². The number of rotatable bonds is 9. The van der Waals surface area contributed by atoms with Crippen LogP contribution in [0, 0.1) is 11.3 Å². The molecule has 0 spiro atoms. The molecule has 0 aromatic rings. The van der Waals surface area contributed by atoms with Crippen LogP contribution in [0.3, 0.4) is 0 Å². The van der Waals surface area contributed by atoms with Crippen molar-refractivity contribution >= 4 is 11.9 Å². The molecule has 0 heterocycles. The van der Waals surface area contributed by atoms with Gasteiger partial charge in [0.1, 0.15) is 6.61 Å². The number of hydrogen-bond acceptors (Lipinski definition) is 3. The van der Waals surface area contributed by atoms with Gasteiger partial charge in [0.05, 0.1) is 5.92 Å². The van der Waals surface area contributed by atoms with Gasteiger partial charge in [-0.2, -0.15) is 0 Å². The molecule has 0 aromatic carbocycles. The molecule has 1 atom stereocenters. The number of carbonyl (C=O) groups is 2. The Morgan fingerprint density at radius 3 is 2.48 bits per heavy atom. The quantitative estimate of drug-likeness (QED) is 0.285. The van der Waals surface area contributed by atoms with Gasteiger partial charge in [-0.3, -0.25) is 4.79 Å². The molecule has 1 N–H and O–H groups in total. The zero-order valence-corrected chi connectivity index (χ0v) is 18.7. The molecule has 0 aromatic heterocycles. The Balaban J connectivity index is 2.65. The molecular weight excluding hydrogens is 364 g/mol. The van der Waals surface area contributed by atoms with Gasteiger partial charge >= 0.3 is 11.9 Å². The first-order valence-corrected chi connectivity index (χ1v) is 10.4. The average molecular weight is 401 g/mol. The Hall–Kier alpha value is -2.36. The number of esters is 1. The summed E-state index contributed by atoms with van der Waals surface area (Å²) in [6.07, 6.45) is 15.6. The largest absolute Gasteiger partial charge is 0.481 e. The monoisotopic (exact) mass is 400 g/mol. The topological polar surface area (TPSA) is 63.6 Å². The van der Waals surface area contributed by atoms with Crippen LogP contribution in [-0.4, -0.2) is 23.7 Å². The third-order valence-electron chi connectivity index (χ3n) is 5.39. The fraction of sp³-hybridized carbons (Fsp3) is 0.520. The van der Waals surface area contributed by atoms with E-state index in [9.17, 15) is 9.59 Å². The lowest BCUT2D eigenvalue weighted by Crippen LogP contribution is -2.20. The number of aliphatic carboxylic acids is 1. The molecule has 4 nitrogen and oxygen atoms in total. The van der Waals surface area contributed by atoms with E-state index in [2.05, 4.69) is 39.8 Å². The van der Waals surface area contributed by atoms with E-state index >= 15 is 0 Å². The number of carboxylic acids is 1. The summed E-state index contributed by atoms with van der Waals surface area (Å²) < 4.78 is 5.03. The van der Waals surface area contributed by atoms with Gasteiger partial charge in [-0.15, -0.1) is 0 Å². The maximum atomic E-state index is 11.8. The minimum Gasteiger partial charge on any atom is -0.481 e. The second kappa shape index (κ2) is 11.6. The second-order valence-corrected chi connectivity index (χ2v) is 8.50. The molecule has 1 aliphatic carbocycles. The smallest absolute Gasteiger partial charge is 0.331 e. The summed E-state index contributed by atoms with van der Waals surface area (Å²) in [5, 5.41) is 8.97. The highest BCUT2D eigenvalue weighted by atomic mass is 16.5. The van der Waals surface area contributed by atoms with Crippen molar-refractivity contribution in [3.63, 3.8) is 0 Å². The summed E-state index contributed by atoms with van der Waals surface area (Å²) in [5.41, 5.74) is 5.02. The summed E-state index contributed by atoms with van der Waals surface area (Å²) in [5.74, 6) is -2.13. The molecule has 1 unspecified atom stereocenters. The number of carboxylic acid groups (broad SMARTS) is 1. The first kappa shape index (κ1) is 24.7. The summed E-state index contributed by atoms with van der Waals surface area (Å²) in [6.45, 7) is 12.4. The van der Waals surface area contributed by atoms with Crippen LogP contribution in [0.2, 0.25) is 0 Å². The van der Waals surface area contributed by atoms with Crippen LogP contribution < -0.4 is 0 Å². The molecule has 0 amide bonds. The van der Waals surface area contributed by atoms with Crippen molar-refractivity contribution in [3.05, 3.63) is 58.7 Å². The predicted octanol–water partition coefficient (Wildman–Crippen LogP) is 6.17. The van der Waals surface area contributed by atoms with E-state index in [-0.39, 0.29) is 12.0 Å². The molecule has 0 saturated heterocycles. The van der Waals surface area contributed by atoms with E-state index in [0.717, 1.165) is 11.1 Å². The van der Waals surface area contributed by atoms with Crippen LogP contribution in [0.5, 0.6) is 0 Å². The maximum absolute atomic E-state index is 11.8. The standard InChI is InChI=1S/C25H36O4/c1-7-21(24(27)28)17-29-23(26)16-19(3)11-8-10-18(2)13-14-22-20(4)12-9-15-25(22,5)6/h8,10-11,13-14,16,21H,7,9,12,15,17H2,1-6H3,(H,27,28)/b11-8?,14-13?,18-10?,19-16+. The molecule has 1 aliphatic rings. The van der Waals surface area contributed by atoms with E-state index in [1.54, 1.807) is 6.92 Å². The molecule has 0 radical (unpaired) electrons. The van der Waals surface area contributed by atoms with Crippen molar-refractivity contribution in [1.82, 2.24) is 0 Å². The fourth-order valence-corrected chi connectivity index (χ4v) is 3.45. The lowest BCUT2D eigenvalue weighted by Gasteiger charge is -2.32. The van der Waals surface area contributed by atoms with E-state index in [1.807, 2.05) is 25.2 Å². The van der Waals surface area contributed by atoms with Crippen molar-refractivity contribution in [2.75, 3.05) is 6.61 Å². The highest BCUT2D eigenvalue weighted by molar-refractivity contribution is 5.83. The van der Waals surface area contributed by atoms with E-state index in [4.69, 9.17) is 9.84 Å². The Morgan fingerprint density at radius 1 is 1.21 bits per heavy atom. The van der Waals surface area contributed by atoms with E-state index in [1.165, 1.54) is 36.5 Å².